The van der Waals surface area contributed by atoms with E-state index in [-0.39, 0.29) is 35.1 Å². The van der Waals surface area contributed by atoms with Gasteiger partial charge in [-0.25, -0.2) is 0 Å². The largest absolute Gasteiger partial charge is 0.356 e. The number of likely N-dealkylation sites (tertiary alicyclic amines) is 1. The van der Waals surface area contributed by atoms with Crippen molar-refractivity contribution in [2.75, 3.05) is 19.6 Å². The number of rotatable bonds is 6. The fourth-order valence-corrected chi connectivity index (χ4v) is 3.02. The summed E-state index contributed by atoms with van der Waals surface area (Å²) in [6, 6.07) is 5.29. The standard InChI is InChI=1S/C19H32N4O.HI/c1-6-20-17(23-15-18(2,3)19(23,4)5)21-12-8-10-14-22-13-9-7-11-16(22)24;/h7,9,11,13H,6,8,10,12,14-15H2,1-5H3,(H,20,21);1H. The number of halogens is 1. The van der Waals surface area contributed by atoms with Gasteiger partial charge < -0.3 is 14.8 Å². The zero-order chi connectivity index (χ0) is 17.8. The molecule has 0 unspecified atom stereocenters. The molecule has 0 radical (unpaired) electrons. The van der Waals surface area contributed by atoms with Crippen molar-refractivity contribution in [2.24, 2.45) is 10.4 Å². The number of aromatic nitrogens is 1. The van der Waals surface area contributed by atoms with Gasteiger partial charge in [0.25, 0.3) is 0 Å². The topological polar surface area (TPSA) is 49.6 Å². The summed E-state index contributed by atoms with van der Waals surface area (Å²) in [6.45, 7) is 14.8. The van der Waals surface area contributed by atoms with Gasteiger partial charge in [0.1, 0.15) is 0 Å². The number of unbranched alkanes of at least 4 members (excludes halogenated alkanes) is 1. The molecule has 2 rings (SSSR count). The van der Waals surface area contributed by atoms with Gasteiger partial charge in [-0.05, 0) is 39.7 Å². The average molecular weight is 460 g/mol. The molecule has 2 heterocycles. The van der Waals surface area contributed by atoms with Gasteiger partial charge in [-0.1, -0.05) is 19.9 Å². The van der Waals surface area contributed by atoms with E-state index < -0.39 is 0 Å². The van der Waals surface area contributed by atoms with Crippen molar-refractivity contribution in [2.45, 2.75) is 59.5 Å². The predicted molar refractivity (Wildman–Crippen MR) is 116 cm³/mol. The molecule has 0 aliphatic carbocycles. The number of aliphatic imine (C=N–C) groups is 1. The molecule has 1 aromatic heterocycles. The van der Waals surface area contributed by atoms with Crippen molar-refractivity contribution in [3.63, 3.8) is 0 Å². The van der Waals surface area contributed by atoms with Gasteiger partial charge in [0.05, 0.1) is 0 Å². The van der Waals surface area contributed by atoms with Crippen LogP contribution in [0, 0.1) is 5.41 Å². The predicted octanol–water partition coefficient (Wildman–Crippen LogP) is 3.33. The van der Waals surface area contributed by atoms with Gasteiger partial charge >= 0.3 is 0 Å². The lowest BCUT2D eigenvalue weighted by atomic mass is 9.65. The molecule has 1 aliphatic heterocycles. The number of aryl methyl sites for hydroxylation is 1. The molecule has 25 heavy (non-hydrogen) atoms. The Morgan fingerprint density at radius 2 is 1.96 bits per heavy atom. The Labute approximate surface area is 168 Å². The van der Waals surface area contributed by atoms with E-state index >= 15 is 0 Å². The monoisotopic (exact) mass is 460 g/mol. The van der Waals surface area contributed by atoms with E-state index in [1.165, 1.54) is 0 Å². The second-order valence-electron chi connectivity index (χ2n) is 7.70. The van der Waals surface area contributed by atoms with Gasteiger partial charge in [0, 0.05) is 49.4 Å². The number of hydrogen-bond acceptors (Lipinski definition) is 2. The minimum atomic E-state index is 0. The zero-order valence-electron chi connectivity index (χ0n) is 16.2. The normalized spacial score (nSPS) is 18.3. The van der Waals surface area contributed by atoms with E-state index in [0.29, 0.717) is 5.41 Å². The molecule has 5 nitrogen and oxygen atoms in total. The summed E-state index contributed by atoms with van der Waals surface area (Å²) in [4.78, 5) is 18.8. The Kier molecular flexibility index (Phi) is 7.96. The Bertz CT molecular complexity index is 636. The van der Waals surface area contributed by atoms with Crippen LogP contribution in [0.5, 0.6) is 0 Å². The molecule has 1 N–H and O–H groups in total. The van der Waals surface area contributed by atoms with Crippen LogP contribution in [0.3, 0.4) is 0 Å². The summed E-state index contributed by atoms with van der Waals surface area (Å²) in [5, 5.41) is 3.42. The summed E-state index contributed by atoms with van der Waals surface area (Å²) >= 11 is 0. The van der Waals surface area contributed by atoms with Crippen LogP contribution in [0.4, 0.5) is 0 Å². The first-order valence-corrected chi connectivity index (χ1v) is 9.01. The minimum absolute atomic E-state index is 0. The molecule has 1 aromatic rings. The fraction of sp³-hybridized carbons (Fsp3) is 0.684. The van der Waals surface area contributed by atoms with Gasteiger partial charge in [0.15, 0.2) is 5.96 Å². The molecule has 1 aliphatic rings. The highest BCUT2D eigenvalue weighted by atomic mass is 127. The lowest BCUT2D eigenvalue weighted by Crippen LogP contribution is -2.72. The highest BCUT2D eigenvalue weighted by molar-refractivity contribution is 14.0. The van der Waals surface area contributed by atoms with Crippen molar-refractivity contribution in [1.29, 1.82) is 0 Å². The second-order valence-corrected chi connectivity index (χ2v) is 7.70. The van der Waals surface area contributed by atoms with Crippen LogP contribution in [0.1, 0.15) is 47.5 Å². The third-order valence-corrected chi connectivity index (χ3v) is 5.44. The van der Waals surface area contributed by atoms with Crippen LogP contribution >= 0.6 is 24.0 Å². The maximum atomic E-state index is 11.7. The summed E-state index contributed by atoms with van der Waals surface area (Å²) in [7, 11) is 0. The van der Waals surface area contributed by atoms with Crippen molar-refractivity contribution in [3.8, 4) is 0 Å². The van der Waals surface area contributed by atoms with E-state index in [4.69, 9.17) is 4.99 Å². The van der Waals surface area contributed by atoms with Crippen molar-refractivity contribution < 1.29 is 0 Å². The van der Waals surface area contributed by atoms with Gasteiger partial charge in [0.2, 0.25) is 5.56 Å². The van der Waals surface area contributed by atoms with Gasteiger partial charge in [-0.15, -0.1) is 24.0 Å². The Hall–Kier alpha value is -1.05. The molecule has 1 fully saturated rings. The first-order chi connectivity index (χ1) is 11.3. The summed E-state index contributed by atoms with van der Waals surface area (Å²) in [6.07, 6.45) is 3.79. The van der Waals surface area contributed by atoms with E-state index in [0.717, 1.165) is 45.0 Å². The molecule has 0 spiro atoms. The number of hydrogen-bond donors (Lipinski definition) is 1. The summed E-state index contributed by atoms with van der Waals surface area (Å²) in [5.74, 6) is 1.01. The minimum Gasteiger partial charge on any atom is -0.356 e. The maximum absolute atomic E-state index is 11.7. The lowest BCUT2D eigenvalue weighted by Gasteiger charge is -2.62. The van der Waals surface area contributed by atoms with Crippen LogP contribution in [0.2, 0.25) is 0 Å². The second kappa shape index (κ2) is 9.05. The summed E-state index contributed by atoms with van der Waals surface area (Å²) < 4.78 is 1.76. The fourth-order valence-electron chi connectivity index (χ4n) is 3.02. The zero-order valence-corrected chi connectivity index (χ0v) is 18.5. The molecule has 0 atom stereocenters. The third kappa shape index (κ3) is 4.99. The number of nitrogens with one attached hydrogen (secondary N) is 1. The van der Waals surface area contributed by atoms with Crippen LogP contribution in [-0.2, 0) is 6.54 Å². The molecule has 1 saturated heterocycles. The van der Waals surface area contributed by atoms with Crippen LogP contribution in [-0.4, -0.2) is 40.6 Å². The van der Waals surface area contributed by atoms with E-state index in [1.807, 2.05) is 12.3 Å². The third-order valence-electron chi connectivity index (χ3n) is 5.44. The average Bonchev–Trinajstić information content (AvgIpc) is 2.53. The SMILES string of the molecule is CCNC(=NCCCCn1ccccc1=O)N1CC(C)(C)C1(C)C.I. The molecular formula is C19H33IN4O. The Morgan fingerprint density at radius 1 is 1.24 bits per heavy atom. The smallest absolute Gasteiger partial charge is 0.250 e. The molecule has 0 saturated carbocycles. The van der Waals surface area contributed by atoms with Crippen molar-refractivity contribution in [1.82, 2.24) is 14.8 Å². The lowest BCUT2D eigenvalue weighted by molar-refractivity contribution is -0.0667. The number of nitrogens with zero attached hydrogens (tertiary/aromatic N) is 3. The maximum Gasteiger partial charge on any atom is 0.250 e. The Morgan fingerprint density at radius 3 is 2.52 bits per heavy atom. The first kappa shape index (κ1) is 22.0. The van der Waals surface area contributed by atoms with Gasteiger partial charge in [-0.3, -0.25) is 9.79 Å². The van der Waals surface area contributed by atoms with Gasteiger partial charge in [-0.2, -0.15) is 0 Å². The van der Waals surface area contributed by atoms with Crippen LogP contribution < -0.4 is 10.9 Å². The molecule has 0 aromatic carbocycles. The highest BCUT2D eigenvalue weighted by Crippen LogP contribution is 2.46. The number of guanidine groups is 1. The first-order valence-electron chi connectivity index (χ1n) is 9.01. The number of pyridine rings is 1. The highest BCUT2D eigenvalue weighted by Gasteiger charge is 2.53. The molecule has 0 amide bonds. The van der Waals surface area contributed by atoms with Crippen LogP contribution in [0.15, 0.2) is 34.2 Å². The van der Waals surface area contributed by atoms with E-state index in [1.54, 1.807) is 16.7 Å². The van der Waals surface area contributed by atoms with E-state index in [2.05, 4.69) is 44.8 Å². The quantitative estimate of drug-likeness (QED) is 0.307. The van der Waals surface area contributed by atoms with Crippen molar-refractivity contribution >= 4 is 29.9 Å². The molecule has 6 heteroatoms. The Balaban J connectivity index is 0.00000312. The summed E-state index contributed by atoms with van der Waals surface area (Å²) in [5.41, 5.74) is 0.488. The molecular weight excluding hydrogens is 427 g/mol. The van der Waals surface area contributed by atoms with Crippen molar-refractivity contribution in [3.05, 3.63) is 34.7 Å². The molecule has 0 bridgehead atoms. The molecule has 142 valence electrons. The van der Waals surface area contributed by atoms with E-state index in [9.17, 15) is 4.79 Å². The van der Waals surface area contributed by atoms with Crippen LogP contribution in [0.25, 0.3) is 0 Å².